The molecule has 22 heavy (non-hydrogen) atoms. The van der Waals surface area contributed by atoms with Gasteiger partial charge in [-0.05, 0) is 60.4 Å². The van der Waals surface area contributed by atoms with Crippen LogP contribution in [0.5, 0.6) is 0 Å². The Hall–Kier alpha value is -3.02. The molecule has 2 aromatic carbocycles. The number of carboxylic acids is 2. The molecule has 0 bridgehead atoms. The van der Waals surface area contributed by atoms with Crippen LogP contribution in [0, 0.1) is 0 Å². The molecule has 0 aliphatic carbocycles. The minimum absolute atomic E-state index is 0.162. The van der Waals surface area contributed by atoms with Crippen molar-refractivity contribution >= 4 is 23.3 Å². The number of nitrogen functional groups attached to an aromatic ring is 2. The second kappa shape index (κ2) is 6.17. The van der Waals surface area contributed by atoms with E-state index in [1.807, 2.05) is 0 Å². The monoisotopic (exact) mass is 300 g/mol. The first-order chi connectivity index (χ1) is 10.4. The van der Waals surface area contributed by atoms with E-state index >= 15 is 0 Å². The Morgan fingerprint density at radius 1 is 0.773 bits per heavy atom. The van der Waals surface area contributed by atoms with E-state index in [0.717, 1.165) is 0 Å². The molecular formula is C16H16N2O4. The van der Waals surface area contributed by atoms with Gasteiger partial charge in [-0.15, -0.1) is 0 Å². The molecular weight excluding hydrogens is 284 g/mol. The van der Waals surface area contributed by atoms with E-state index in [9.17, 15) is 19.8 Å². The highest BCUT2D eigenvalue weighted by Gasteiger charge is 2.14. The molecule has 6 heteroatoms. The van der Waals surface area contributed by atoms with Crippen LogP contribution < -0.4 is 11.5 Å². The molecule has 0 aromatic heterocycles. The van der Waals surface area contributed by atoms with E-state index in [1.165, 1.54) is 24.3 Å². The van der Waals surface area contributed by atoms with Crippen LogP contribution >= 0.6 is 0 Å². The van der Waals surface area contributed by atoms with Crippen LogP contribution in [0.15, 0.2) is 36.4 Å². The summed E-state index contributed by atoms with van der Waals surface area (Å²) >= 11 is 0. The minimum Gasteiger partial charge on any atom is -0.478 e. The van der Waals surface area contributed by atoms with E-state index in [1.54, 1.807) is 12.1 Å². The maximum absolute atomic E-state index is 11.2. The van der Waals surface area contributed by atoms with Gasteiger partial charge in [0.05, 0.1) is 11.1 Å². The Labute approximate surface area is 127 Å². The normalized spacial score (nSPS) is 10.4. The fourth-order valence-electron chi connectivity index (χ4n) is 2.33. The summed E-state index contributed by atoms with van der Waals surface area (Å²) in [4.78, 5) is 22.4. The van der Waals surface area contributed by atoms with Gasteiger partial charge in [-0.2, -0.15) is 0 Å². The summed E-state index contributed by atoms with van der Waals surface area (Å²) in [7, 11) is 0. The topological polar surface area (TPSA) is 127 Å². The molecule has 114 valence electrons. The highest BCUT2D eigenvalue weighted by molar-refractivity contribution is 5.91. The third-order valence-electron chi connectivity index (χ3n) is 3.38. The van der Waals surface area contributed by atoms with E-state index < -0.39 is 11.9 Å². The van der Waals surface area contributed by atoms with Crippen LogP contribution in [0.1, 0.15) is 31.8 Å². The summed E-state index contributed by atoms with van der Waals surface area (Å²) in [5, 5.41) is 18.4. The maximum Gasteiger partial charge on any atom is 0.335 e. The zero-order valence-corrected chi connectivity index (χ0v) is 11.7. The molecule has 6 N–H and O–H groups in total. The van der Waals surface area contributed by atoms with Gasteiger partial charge in [0.15, 0.2) is 0 Å². The number of anilines is 2. The first-order valence-corrected chi connectivity index (χ1v) is 6.62. The summed E-state index contributed by atoms with van der Waals surface area (Å²) < 4.78 is 0. The fourth-order valence-corrected chi connectivity index (χ4v) is 2.33. The summed E-state index contributed by atoms with van der Waals surface area (Å²) in [6.45, 7) is 0. The van der Waals surface area contributed by atoms with Crippen molar-refractivity contribution in [3.05, 3.63) is 58.7 Å². The number of rotatable bonds is 5. The number of benzene rings is 2. The van der Waals surface area contributed by atoms with Crippen molar-refractivity contribution in [3.63, 3.8) is 0 Å². The maximum atomic E-state index is 11.2. The van der Waals surface area contributed by atoms with Crippen LogP contribution in [-0.4, -0.2) is 22.2 Å². The third-order valence-corrected chi connectivity index (χ3v) is 3.38. The molecule has 0 aliphatic rings. The highest BCUT2D eigenvalue weighted by atomic mass is 16.4. The molecule has 6 nitrogen and oxygen atoms in total. The number of carbonyl (C=O) groups is 2. The Morgan fingerprint density at radius 3 is 1.45 bits per heavy atom. The first kappa shape index (κ1) is 15.4. The van der Waals surface area contributed by atoms with Crippen LogP contribution in [0.3, 0.4) is 0 Å². The molecule has 0 aliphatic heterocycles. The van der Waals surface area contributed by atoms with Crippen molar-refractivity contribution in [2.75, 3.05) is 11.5 Å². The number of hydrogen-bond acceptors (Lipinski definition) is 4. The molecule has 0 saturated carbocycles. The Morgan fingerprint density at radius 2 is 1.14 bits per heavy atom. The van der Waals surface area contributed by atoms with Gasteiger partial charge in [0.2, 0.25) is 0 Å². The average Bonchev–Trinajstić information content (AvgIpc) is 2.44. The standard InChI is InChI=1S/C16H16N2O4/c17-11-3-5-13(15(19)20)9(7-11)1-2-10-8-12(18)4-6-14(10)16(21)22/h3-8H,1-2,17-18H2,(H,19,20)(H,21,22). The van der Waals surface area contributed by atoms with Gasteiger partial charge >= 0.3 is 11.9 Å². The Balaban J connectivity index is 2.31. The summed E-state index contributed by atoms with van der Waals surface area (Å²) in [5.74, 6) is -2.08. The van der Waals surface area contributed by atoms with Gasteiger partial charge in [-0.25, -0.2) is 9.59 Å². The van der Waals surface area contributed by atoms with Gasteiger partial charge in [0.1, 0.15) is 0 Å². The van der Waals surface area contributed by atoms with E-state index in [0.29, 0.717) is 35.3 Å². The number of carboxylic acid groups (broad SMARTS) is 2. The lowest BCUT2D eigenvalue weighted by Crippen LogP contribution is -2.08. The van der Waals surface area contributed by atoms with Crippen molar-refractivity contribution in [3.8, 4) is 0 Å². The molecule has 0 amide bonds. The van der Waals surface area contributed by atoms with Gasteiger partial charge in [0, 0.05) is 11.4 Å². The zero-order chi connectivity index (χ0) is 16.3. The predicted octanol–water partition coefficient (Wildman–Crippen LogP) is 2.03. The van der Waals surface area contributed by atoms with Crippen molar-refractivity contribution < 1.29 is 19.8 Å². The van der Waals surface area contributed by atoms with Crippen molar-refractivity contribution in [1.29, 1.82) is 0 Å². The van der Waals surface area contributed by atoms with Crippen molar-refractivity contribution in [2.45, 2.75) is 12.8 Å². The smallest absolute Gasteiger partial charge is 0.335 e. The lowest BCUT2D eigenvalue weighted by molar-refractivity contribution is 0.0684. The van der Waals surface area contributed by atoms with Crippen molar-refractivity contribution in [2.24, 2.45) is 0 Å². The fraction of sp³-hybridized carbons (Fsp3) is 0.125. The average molecular weight is 300 g/mol. The molecule has 0 spiro atoms. The summed E-state index contributed by atoms with van der Waals surface area (Å²) in [6.07, 6.45) is 0.715. The van der Waals surface area contributed by atoms with Gasteiger partial charge in [-0.1, -0.05) is 0 Å². The molecule has 0 saturated heterocycles. The van der Waals surface area contributed by atoms with Gasteiger partial charge < -0.3 is 21.7 Å². The van der Waals surface area contributed by atoms with Gasteiger partial charge in [0.25, 0.3) is 0 Å². The van der Waals surface area contributed by atoms with E-state index in [-0.39, 0.29) is 11.1 Å². The molecule has 0 atom stereocenters. The molecule has 2 aromatic rings. The zero-order valence-electron chi connectivity index (χ0n) is 11.7. The second-order valence-electron chi connectivity index (χ2n) is 4.94. The van der Waals surface area contributed by atoms with Crippen LogP contribution in [0.2, 0.25) is 0 Å². The minimum atomic E-state index is -1.04. The highest BCUT2D eigenvalue weighted by Crippen LogP contribution is 2.20. The van der Waals surface area contributed by atoms with Crippen LogP contribution in [0.25, 0.3) is 0 Å². The number of nitrogens with two attached hydrogens (primary N) is 2. The molecule has 0 unspecified atom stereocenters. The quantitative estimate of drug-likeness (QED) is 0.626. The first-order valence-electron chi connectivity index (χ1n) is 6.62. The lowest BCUT2D eigenvalue weighted by atomic mass is 9.96. The molecule has 0 heterocycles. The largest absolute Gasteiger partial charge is 0.478 e. The summed E-state index contributed by atoms with van der Waals surface area (Å²) in [6, 6.07) is 9.13. The van der Waals surface area contributed by atoms with Crippen LogP contribution in [-0.2, 0) is 12.8 Å². The Bertz CT molecular complexity index is 677. The SMILES string of the molecule is Nc1ccc(C(=O)O)c(CCc2cc(N)ccc2C(=O)O)c1. The van der Waals surface area contributed by atoms with Crippen LogP contribution in [0.4, 0.5) is 11.4 Å². The summed E-state index contributed by atoms with van der Waals surface area (Å²) in [5.41, 5.74) is 13.8. The predicted molar refractivity (Wildman–Crippen MR) is 83.0 cm³/mol. The number of aromatic carboxylic acids is 2. The number of aryl methyl sites for hydroxylation is 2. The molecule has 0 fully saturated rings. The molecule has 2 rings (SSSR count). The molecule has 0 radical (unpaired) electrons. The third kappa shape index (κ3) is 3.35. The lowest BCUT2D eigenvalue weighted by Gasteiger charge is -2.10. The van der Waals surface area contributed by atoms with Gasteiger partial charge in [-0.3, -0.25) is 0 Å². The second-order valence-corrected chi connectivity index (χ2v) is 4.94. The number of hydrogen-bond donors (Lipinski definition) is 4. The van der Waals surface area contributed by atoms with Crippen molar-refractivity contribution in [1.82, 2.24) is 0 Å². The Kier molecular flexibility index (Phi) is 4.31. The van der Waals surface area contributed by atoms with E-state index in [4.69, 9.17) is 11.5 Å². The van der Waals surface area contributed by atoms with E-state index in [2.05, 4.69) is 0 Å².